The number of hydrogen-bond donors (Lipinski definition) is 1. The third kappa shape index (κ3) is 5.33. The minimum Gasteiger partial charge on any atom is -0.352 e. The predicted molar refractivity (Wildman–Crippen MR) is 91.6 cm³/mol. The molecule has 7 heteroatoms. The molecule has 1 saturated heterocycles. The van der Waals surface area contributed by atoms with Crippen molar-refractivity contribution in [1.29, 1.82) is 0 Å². The Morgan fingerprint density at radius 1 is 1.17 bits per heavy atom. The van der Waals surface area contributed by atoms with E-state index in [1.54, 1.807) is 0 Å². The molecular formula is C17H24N2O4S. The van der Waals surface area contributed by atoms with Gasteiger partial charge in [-0.1, -0.05) is 6.42 Å². The van der Waals surface area contributed by atoms with Gasteiger partial charge < -0.3 is 10.2 Å². The molecule has 0 saturated carbocycles. The number of amides is 2. The van der Waals surface area contributed by atoms with Crippen molar-refractivity contribution < 1.29 is 18.0 Å². The molecule has 2 rings (SSSR count). The molecule has 0 unspecified atom stereocenters. The summed E-state index contributed by atoms with van der Waals surface area (Å²) in [5.41, 5.74) is 0.424. The van der Waals surface area contributed by atoms with Crippen LogP contribution in [0, 0.1) is 0 Å². The van der Waals surface area contributed by atoms with Crippen LogP contribution in [0.15, 0.2) is 29.2 Å². The van der Waals surface area contributed by atoms with Gasteiger partial charge in [0.25, 0.3) is 5.91 Å². The van der Waals surface area contributed by atoms with Crippen molar-refractivity contribution in [3.8, 4) is 0 Å². The molecule has 0 aromatic heterocycles. The summed E-state index contributed by atoms with van der Waals surface area (Å²) in [6.07, 6.45) is 5.58. The van der Waals surface area contributed by atoms with Gasteiger partial charge in [0.15, 0.2) is 9.84 Å². The third-order valence-corrected chi connectivity index (χ3v) is 5.23. The molecule has 1 aliphatic heterocycles. The fourth-order valence-electron chi connectivity index (χ4n) is 2.70. The van der Waals surface area contributed by atoms with Gasteiger partial charge in [0.1, 0.15) is 0 Å². The van der Waals surface area contributed by atoms with E-state index in [1.165, 1.54) is 24.3 Å². The van der Waals surface area contributed by atoms with Gasteiger partial charge in [-0.3, -0.25) is 9.59 Å². The number of sulfone groups is 1. The molecule has 24 heavy (non-hydrogen) atoms. The number of rotatable bonds is 6. The fourth-order valence-corrected chi connectivity index (χ4v) is 3.33. The van der Waals surface area contributed by atoms with Crippen LogP contribution in [0.3, 0.4) is 0 Å². The largest absolute Gasteiger partial charge is 0.352 e. The van der Waals surface area contributed by atoms with Gasteiger partial charge in [0.2, 0.25) is 5.91 Å². The SMILES string of the molecule is CS(=O)(=O)c1ccc(C(=O)NCCCN2CCCCCC2=O)cc1. The first-order valence-electron chi connectivity index (χ1n) is 8.24. The van der Waals surface area contributed by atoms with Crippen LogP contribution in [0.4, 0.5) is 0 Å². The summed E-state index contributed by atoms with van der Waals surface area (Å²) >= 11 is 0. The second-order valence-electron chi connectivity index (χ2n) is 6.10. The summed E-state index contributed by atoms with van der Waals surface area (Å²) < 4.78 is 22.8. The van der Waals surface area contributed by atoms with Gasteiger partial charge in [0.05, 0.1) is 4.90 Å². The zero-order valence-corrected chi connectivity index (χ0v) is 14.8. The van der Waals surface area contributed by atoms with Crippen molar-refractivity contribution in [1.82, 2.24) is 10.2 Å². The van der Waals surface area contributed by atoms with Crippen LogP contribution >= 0.6 is 0 Å². The zero-order valence-electron chi connectivity index (χ0n) is 14.0. The lowest BCUT2D eigenvalue weighted by molar-refractivity contribution is -0.130. The Balaban J connectivity index is 1.77. The standard InChI is InChI=1S/C17H24N2O4S/c1-24(22,23)15-9-7-14(8-10-15)17(21)18-11-5-13-19-12-4-2-3-6-16(19)20/h7-10H,2-6,11-13H2,1H3,(H,18,21). The van der Waals surface area contributed by atoms with Crippen LogP contribution < -0.4 is 5.32 Å². The molecule has 1 fully saturated rings. The van der Waals surface area contributed by atoms with Crippen LogP contribution in [-0.2, 0) is 14.6 Å². The second-order valence-corrected chi connectivity index (χ2v) is 8.11. The van der Waals surface area contributed by atoms with Crippen molar-refractivity contribution in [2.45, 2.75) is 37.0 Å². The summed E-state index contributed by atoms with van der Waals surface area (Å²) in [7, 11) is -3.26. The lowest BCUT2D eigenvalue weighted by Crippen LogP contribution is -2.34. The van der Waals surface area contributed by atoms with Crippen LogP contribution in [0.25, 0.3) is 0 Å². The molecule has 1 N–H and O–H groups in total. The molecule has 1 aromatic rings. The number of benzene rings is 1. The summed E-state index contributed by atoms with van der Waals surface area (Å²) in [5, 5.41) is 2.80. The molecule has 1 heterocycles. The fraction of sp³-hybridized carbons (Fsp3) is 0.529. The van der Waals surface area contributed by atoms with E-state index in [1.807, 2.05) is 4.90 Å². The van der Waals surface area contributed by atoms with Crippen LogP contribution in [0.5, 0.6) is 0 Å². The Hall–Kier alpha value is -1.89. The van der Waals surface area contributed by atoms with Crippen LogP contribution in [0.2, 0.25) is 0 Å². The van der Waals surface area contributed by atoms with Gasteiger partial charge in [-0.05, 0) is 43.5 Å². The Kier molecular flexibility index (Phi) is 6.36. The quantitative estimate of drug-likeness (QED) is 0.789. The van der Waals surface area contributed by atoms with Crippen molar-refractivity contribution in [3.05, 3.63) is 29.8 Å². The minimum absolute atomic E-state index is 0.193. The number of carbonyl (C=O) groups excluding carboxylic acids is 2. The molecule has 2 amide bonds. The van der Waals surface area contributed by atoms with E-state index < -0.39 is 9.84 Å². The Labute approximate surface area is 143 Å². The molecule has 132 valence electrons. The third-order valence-electron chi connectivity index (χ3n) is 4.11. The lowest BCUT2D eigenvalue weighted by Gasteiger charge is -2.20. The molecule has 0 atom stereocenters. The van der Waals surface area contributed by atoms with Crippen LogP contribution in [-0.4, -0.2) is 51.0 Å². The molecule has 0 aliphatic carbocycles. The van der Waals surface area contributed by atoms with E-state index in [0.29, 0.717) is 31.5 Å². The maximum absolute atomic E-state index is 12.0. The number of nitrogens with zero attached hydrogens (tertiary/aromatic N) is 1. The van der Waals surface area contributed by atoms with E-state index in [9.17, 15) is 18.0 Å². The minimum atomic E-state index is -3.26. The summed E-state index contributed by atoms with van der Waals surface area (Å²) in [6.45, 7) is 1.95. The average Bonchev–Trinajstić information content (AvgIpc) is 2.75. The summed E-state index contributed by atoms with van der Waals surface area (Å²) in [6, 6.07) is 5.87. The highest BCUT2D eigenvalue weighted by atomic mass is 32.2. The summed E-state index contributed by atoms with van der Waals surface area (Å²) in [4.78, 5) is 26.0. The first-order valence-corrected chi connectivity index (χ1v) is 10.1. The first-order chi connectivity index (χ1) is 11.4. The highest BCUT2D eigenvalue weighted by Gasteiger charge is 2.16. The maximum Gasteiger partial charge on any atom is 0.251 e. The maximum atomic E-state index is 12.0. The highest BCUT2D eigenvalue weighted by molar-refractivity contribution is 7.90. The molecule has 0 spiro atoms. The van der Waals surface area contributed by atoms with Crippen molar-refractivity contribution in [3.63, 3.8) is 0 Å². The van der Waals surface area contributed by atoms with E-state index in [4.69, 9.17) is 0 Å². The van der Waals surface area contributed by atoms with Crippen molar-refractivity contribution >= 4 is 21.7 Å². The topological polar surface area (TPSA) is 83.6 Å². The lowest BCUT2D eigenvalue weighted by atomic mass is 10.2. The normalized spacial score (nSPS) is 15.9. The number of nitrogens with one attached hydrogen (secondary N) is 1. The molecule has 6 nitrogen and oxygen atoms in total. The molecule has 0 radical (unpaired) electrons. The van der Waals surface area contributed by atoms with Gasteiger partial charge in [-0.25, -0.2) is 8.42 Å². The highest BCUT2D eigenvalue weighted by Crippen LogP contribution is 2.12. The second kappa shape index (κ2) is 8.28. The Bertz CT molecular complexity index is 683. The number of hydrogen-bond acceptors (Lipinski definition) is 4. The predicted octanol–water partition coefficient (Wildman–Crippen LogP) is 1.61. The van der Waals surface area contributed by atoms with Gasteiger partial charge in [0, 0.05) is 37.9 Å². The van der Waals surface area contributed by atoms with Crippen molar-refractivity contribution in [2.24, 2.45) is 0 Å². The van der Waals surface area contributed by atoms with E-state index in [-0.39, 0.29) is 16.7 Å². The first kappa shape index (κ1) is 18.4. The van der Waals surface area contributed by atoms with Gasteiger partial charge >= 0.3 is 0 Å². The number of carbonyl (C=O) groups is 2. The average molecular weight is 352 g/mol. The van der Waals surface area contributed by atoms with Gasteiger partial charge in [-0.15, -0.1) is 0 Å². The molecule has 0 bridgehead atoms. The van der Waals surface area contributed by atoms with Gasteiger partial charge in [-0.2, -0.15) is 0 Å². The monoisotopic (exact) mass is 352 g/mol. The molecule has 1 aromatic carbocycles. The molecular weight excluding hydrogens is 328 g/mol. The smallest absolute Gasteiger partial charge is 0.251 e. The molecule has 1 aliphatic rings. The zero-order chi connectivity index (χ0) is 17.6. The Morgan fingerprint density at radius 3 is 2.54 bits per heavy atom. The number of likely N-dealkylation sites (tertiary alicyclic amines) is 1. The van der Waals surface area contributed by atoms with E-state index in [2.05, 4.69) is 5.32 Å². The summed E-state index contributed by atoms with van der Waals surface area (Å²) in [5.74, 6) is -0.0348. The van der Waals surface area contributed by atoms with Crippen LogP contribution in [0.1, 0.15) is 42.5 Å². The Morgan fingerprint density at radius 2 is 1.88 bits per heavy atom. The van der Waals surface area contributed by atoms with E-state index in [0.717, 1.165) is 32.1 Å². The van der Waals surface area contributed by atoms with Crippen molar-refractivity contribution in [2.75, 3.05) is 25.9 Å². The van der Waals surface area contributed by atoms with E-state index >= 15 is 0 Å².